The van der Waals surface area contributed by atoms with Crippen molar-refractivity contribution in [2.24, 2.45) is 11.8 Å². The standard InChI is InChI=1S/C16H25NO3S/c1-4-9-20-15-5-7-16(8-6-15)21(18,19)17-11-13(2)10-14(3)12-17/h5-8,13-14H,4,9-12H2,1-3H3/t13-,14-/m1/s1. The first kappa shape index (κ1) is 16.3. The average Bonchev–Trinajstić information content (AvgIpc) is 2.44. The van der Waals surface area contributed by atoms with E-state index < -0.39 is 10.0 Å². The lowest BCUT2D eigenvalue weighted by Crippen LogP contribution is -2.42. The van der Waals surface area contributed by atoms with E-state index in [1.165, 1.54) is 0 Å². The van der Waals surface area contributed by atoms with Crippen LogP contribution in [0.1, 0.15) is 33.6 Å². The van der Waals surface area contributed by atoms with Crippen molar-refractivity contribution in [2.45, 2.75) is 38.5 Å². The normalized spacial score (nSPS) is 24.0. The highest BCUT2D eigenvalue weighted by Crippen LogP contribution is 2.27. The van der Waals surface area contributed by atoms with Crippen molar-refractivity contribution in [1.29, 1.82) is 0 Å². The van der Waals surface area contributed by atoms with E-state index in [-0.39, 0.29) is 0 Å². The zero-order chi connectivity index (χ0) is 15.5. The van der Waals surface area contributed by atoms with Crippen LogP contribution in [-0.2, 0) is 10.0 Å². The highest BCUT2D eigenvalue weighted by atomic mass is 32.2. The molecule has 0 radical (unpaired) electrons. The number of piperidine rings is 1. The molecular formula is C16H25NO3S. The van der Waals surface area contributed by atoms with Gasteiger partial charge < -0.3 is 4.74 Å². The van der Waals surface area contributed by atoms with Crippen LogP contribution in [0.15, 0.2) is 29.2 Å². The van der Waals surface area contributed by atoms with Crippen LogP contribution in [0.3, 0.4) is 0 Å². The van der Waals surface area contributed by atoms with Crippen LogP contribution in [0.4, 0.5) is 0 Å². The lowest BCUT2D eigenvalue weighted by atomic mass is 9.94. The topological polar surface area (TPSA) is 46.6 Å². The van der Waals surface area contributed by atoms with E-state index in [1.54, 1.807) is 28.6 Å². The van der Waals surface area contributed by atoms with Gasteiger partial charge in [0.15, 0.2) is 0 Å². The van der Waals surface area contributed by atoms with Crippen molar-refractivity contribution in [3.8, 4) is 5.75 Å². The maximum Gasteiger partial charge on any atom is 0.243 e. The summed E-state index contributed by atoms with van der Waals surface area (Å²) in [5.41, 5.74) is 0. The summed E-state index contributed by atoms with van der Waals surface area (Å²) in [6.07, 6.45) is 2.03. The van der Waals surface area contributed by atoms with Crippen LogP contribution in [0, 0.1) is 11.8 Å². The molecule has 1 aromatic carbocycles. The van der Waals surface area contributed by atoms with Gasteiger partial charge in [0.1, 0.15) is 5.75 Å². The van der Waals surface area contributed by atoms with Crippen LogP contribution >= 0.6 is 0 Å². The fourth-order valence-electron chi connectivity index (χ4n) is 2.88. The molecule has 0 amide bonds. The highest BCUT2D eigenvalue weighted by Gasteiger charge is 2.31. The van der Waals surface area contributed by atoms with Gasteiger partial charge in [-0.1, -0.05) is 20.8 Å². The molecule has 2 atom stereocenters. The molecule has 1 heterocycles. The van der Waals surface area contributed by atoms with Crippen LogP contribution in [0.25, 0.3) is 0 Å². The molecule has 118 valence electrons. The predicted octanol–water partition coefficient (Wildman–Crippen LogP) is 3.14. The van der Waals surface area contributed by atoms with E-state index in [4.69, 9.17) is 4.74 Å². The summed E-state index contributed by atoms with van der Waals surface area (Å²) in [7, 11) is -3.39. The number of sulfonamides is 1. The molecule has 1 aliphatic heterocycles. The number of hydrogen-bond acceptors (Lipinski definition) is 3. The molecule has 0 N–H and O–H groups in total. The van der Waals surface area contributed by atoms with E-state index in [9.17, 15) is 8.42 Å². The first-order valence-corrected chi connectivity index (χ1v) is 9.10. The van der Waals surface area contributed by atoms with Crippen molar-refractivity contribution in [1.82, 2.24) is 4.31 Å². The average molecular weight is 311 g/mol. The maximum atomic E-state index is 12.7. The van der Waals surface area contributed by atoms with Gasteiger partial charge in [0, 0.05) is 13.1 Å². The van der Waals surface area contributed by atoms with Gasteiger partial charge in [0.05, 0.1) is 11.5 Å². The monoisotopic (exact) mass is 311 g/mol. The largest absolute Gasteiger partial charge is 0.494 e. The molecular weight excluding hydrogens is 286 g/mol. The van der Waals surface area contributed by atoms with Gasteiger partial charge in [-0.25, -0.2) is 8.42 Å². The van der Waals surface area contributed by atoms with Crippen LogP contribution < -0.4 is 4.74 Å². The van der Waals surface area contributed by atoms with Crippen molar-refractivity contribution in [3.05, 3.63) is 24.3 Å². The zero-order valence-electron chi connectivity index (χ0n) is 13.1. The minimum absolute atomic E-state index is 0.354. The molecule has 0 aromatic heterocycles. The molecule has 1 saturated heterocycles. The molecule has 21 heavy (non-hydrogen) atoms. The Morgan fingerprint density at radius 1 is 1.14 bits per heavy atom. The molecule has 4 nitrogen and oxygen atoms in total. The number of hydrogen-bond donors (Lipinski definition) is 0. The third-order valence-electron chi connectivity index (χ3n) is 3.77. The third kappa shape index (κ3) is 3.98. The molecule has 0 unspecified atom stereocenters. The Morgan fingerprint density at radius 2 is 1.71 bits per heavy atom. The van der Waals surface area contributed by atoms with Gasteiger partial charge in [0.25, 0.3) is 0 Å². The molecule has 0 spiro atoms. The van der Waals surface area contributed by atoms with Gasteiger partial charge in [-0.05, 0) is 48.9 Å². The lowest BCUT2D eigenvalue weighted by Gasteiger charge is -2.34. The number of rotatable bonds is 5. The number of ether oxygens (including phenoxy) is 1. The van der Waals surface area contributed by atoms with Crippen LogP contribution in [-0.4, -0.2) is 32.4 Å². The Balaban J connectivity index is 2.15. The second kappa shape index (κ2) is 6.79. The third-order valence-corrected chi connectivity index (χ3v) is 5.62. The van der Waals surface area contributed by atoms with Gasteiger partial charge in [-0.2, -0.15) is 4.31 Å². The minimum Gasteiger partial charge on any atom is -0.494 e. The molecule has 0 saturated carbocycles. The Hall–Kier alpha value is -1.07. The smallest absolute Gasteiger partial charge is 0.243 e. The molecule has 1 fully saturated rings. The summed E-state index contributed by atoms with van der Waals surface area (Å²) >= 11 is 0. The summed E-state index contributed by atoms with van der Waals surface area (Å²) in [5.74, 6) is 1.54. The van der Waals surface area contributed by atoms with Crippen molar-refractivity contribution in [2.75, 3.05) is 19.7 Å². The molecule has 5 heteroatoms. The number of benzene rings is 1. The molecule has 2 rings (SSSR count). The minimum atomic E-state index is -3.39. The Bertz CT molecular complexity index is 543. The molecule has 0 bridgehead atoms. The van der Waals surface area contributed by atoms with E-state index in [1.807, 2.05) is 6.92 Å². The molecule has 1 aromatic rings. The number of nitrogens with zero attached hydrogens (tertiary/aromatic N) is 1. The maximum absolute atomic E-state index is 12.7. The van der Waals surface area contributed by atoms with Gasteiger partial charge >= 0.3 is 0 Å². The predicted molar refractivity (Wildman–Crippen MR) is 83.9 cm³/mol. The Labute approximate surface area is 128 Å². The van der Waals surface area contributed by atoms with Gasteiger partial charge in [0.2, 0.25) is 10.0 Å². The first-order valence-electron chi connectivity index (χ1n) is 7.66. The summed E-state index contributed by atoms with van der Waals surface area (Å²) in [6, 6.07) is 6.76. The quantitative estimate of drug-likeness (QED) is 0.839. The second-order valence-corrected chi connectivity index (χ2v) is 8.03. The molecule has 0 aliphatic carbocycles. The summed E-state index contributed by atoms with van der Waals surface area (Å²) in [4.78, 5) is 0.354. The van der Waals surface area contributed by atoms with E-state index >= 15 is 0 Å². The highest BCUT2D eigenvalue weighted by molar-refractivity contribution is 7.89. The van der Waals surface area contributed by atoms with Crippen LogP contribution in [0.2, 0.25) is 0 Å². The van der Waals surface area contributed by atoms with Gasteiger partial charge in [-0.3, -0.25) is 0 Å². The molecule has 1 aliphatic rings. The van der Waals surface area contributed by atoms with E-state index in [2.05, 4.69) is 13.8 Å². The fourth-order valence-corrected chi connectivity index (χ4v) is 4.56. The van der Waals surface area contributed by atoms with E-state index in [0.29, 0.717) is 36.4 Å². The first-order chi connectivity index (χ1) is 9.93. The lowest BCUT2D eigenvalue weighted by molar-refractivity contribution is 0.222. The van der Waals surface area contributed by atoms with Crippen molar-refractivity contribution in [3.63, 3.8) is 0 Å². The Morgan fingerprint density at radius 3 is 2.24 bits per heavy atom. The second-order valence-electron chi connectivity index (χ2n) is 6.09. The fraction of sp³-hybridized carbons (Fsp3) is 0.625. The summed E-state index contributed by atoms with van der Waals surface area (Å²) in [6.45, 7) is 8.13. The van der Waals surface area contributed by atoms with Crippen LogP contribution in [0.5, 0.6) is 5.75 Å². The zero-order valence-corrected chi connectivity index (χ0v) is 13.9. The van der Waals surface area contributed by atoms with Gasteiger partial charge in [-0.15, -0.1) is 0 Å². The summed E-state index contributed by atoms with van der Waals surface area (Å²) < 4.78 is 32.5. The Kier molecular flexibility index (Phi) is 5.27. The van der Waals surface area contributed by atoms with Crippen molar-refractivity contribution < 1.29 is 13.2 Å². The summed E-state index contributed by atoms with van der Waals surface area (Å²) in [5, 5.41) is 0. The van der Waals surface area contributed by atoms with Crippen molar-refractivity contribution >= 4 is 10.0 Å². The SMILES string of the molecule is CCCOc1ccc(S(=O)(=O)N2C[C@H](C)C[C@@H](C)C2)cc1. The van der Waals surface area contributed by atoms with E-state index in [0.717, 1.165) is 18.6 Å².